The number of carbonyl (C=O) groups excluding carboxylic acids is 1. The molecule has 0 saturated heterocycles. The molecule has 0 N–H and O–H groups in total. The number of aromatic nitrogens is 4. The average Bonchev–Trinajstić information content (AvgIpc) is 3.41. The van der Waals surface area contributed by atoms with Gasteiger partial charge in [-0.1, -0.05) is 23.9 Å². The van der Waals surface area contributed by atoms with E-state index >= 15 is 0 Å². The van der Waals surface area contributed by atoms with Gasteiger partial charge in [-0.15, -0.1) is 5.10 Å². The van der Waals surface area contributed by atoms with Gasteiger partial charge in [0.15, 0.2) is 0 Å². The van der Waals surface area contributed by atoms with E-state index < -0.39 is 24.7 Å². The molecule has 1 atom stereocenters. The smallest absolute Gasteiger partial charge is 0.406 e. The minimum absolute atomic E-state index is 0.134. The predicted molar refractivity (Wildman–Crippen MR) is 96.4 cm³/mol. The van der Waals surface area contributed by atoms with Crippen molar-refractivity contribution in [3.05, 3.63) is 24.3 Å². The number of methoxy groups -OCH3 is 1. The number of halogens is 3. The van der Waals surface area contributed by atoms with Crippen LogP contribution in [0.25, 0.3) is 5.69 Å². The molecule has 1 amide bonds. The molecule has 0 bridgehead atoms. The number of amides is 1. The van der Waals surface area contributed by atoms with Crippen LogP contribution in [0.15, 0.2) is 29.4 Å². The molecule has 1 aromatic heterocycles. The molecule has 152 valence electrons. The number of ether oxygens (including phenoxy) is 1. The third-order valence-electron chi connectivity index (χ3n) is 4.54. The normalized spacial score (nSPS) is 15.3. The van der Waals surface area contributed by atoms with Gasteiger partial charge in [0, 0.05) is 6.04 Å². The Hall–Kier alpha value is -2.30. The van der Waals surface area contributed by atoms with Crippen LogP contribution >= 0.6 is 11.8 Å². The second kappa shape index (κ2) is 8.38. The van der Waals surface area contributed by atoms with Gasteiger partial charge in [0.05, 0.1) is 12.9 Å². The first kappa shape index (κ1) is 20.4. The Labute approximate surface area is 164 Å². The van der Waals surface area contributed by atoms with Crippen LogP contribution in [0.2, 0.25) is 0 Å². The summed E-state index contributed by atoms with van der Waals surface area (Å²) in [7, 11) is 1.51. The topological polar surface area (TPSA) is 73.1 Å². The van der Waals surface area contributed by atoms with E-state index in [4.69, 9.17) is 4.74 Å². The molecular formula is C17H20F3N5O2S. The monoisotopic (exact) mass is 415 g/mol. The van der Waals surface area contributed by atoms with Gasteiger partial charge < -0.3 is 9.64 Å². The minimum atomic E-state index is -4.44. The molecule has 1 aromatic carbocycles. The third-order valence-corrected chi connectivity index (χ3v) is 5.45. The van der Waals surface area contributed by atoms with Crippen LogP contribution in [0.5, 0.6) is 5.75 Å². The van der Waals surface area contributed by atoms with Crippen molar-refractivity contribution in [1.29, 1.82) is 0 Å². The summed E-state index contributed by atoms with van der Waals surface area (Å²) in [5.41, 5.74) is 0.573. The van der Waals surface area contributed by atoms with Gasteiger partial charge >= 0.3 is 6.18 Å². The molecule has 1 aliphatic carbocycles. The Morgan fingerprint density at radius 2 is 2.11 bits per heavy atom. The van der Waals surface area contributed by atoms with Gasteiger partial charge in [-0.2, -0.15) is 17.9 Å². The molecule has 1 saturated carbocycles. The average molecular weight is 415 g/mol. The summed E-state index contributed by atoms with van der Waals surface area (Å²) >= 11 is 0.992. The summed E-state index contributed by atoms with van der Waals surface area (Å²) in [5.74, 6) is -0.113. The van der Waals surface area contributed by atoms with Crippen LogP contribution in [-0.4, -0.2) is 62.6 Å². The van der Waals surface area contributed by atoms with E-state index in [1.807, 2.05) is 0 Å². The Bertz CT molecular complexity index is 825. The molecule has 0 spiro atoms. The van der Waals surface area contributed by atoms with E-state index in [1.165, 1.54) is 11.8 Å². The molecule has 1 unspecified atom stereocenters. The molecular weight excluding hydrogens is 395 g/mol. The lowest BCUT2D eigenvalue weighted by Crippen LogP contribution is -2.46. The van der Waals surface area contributed by atoms with Crippen molar-refractivity contribution in [1.82, 2.24) is 25.1 Å². The maximum atomic E-state index is 12.9. The van der Waals surface area contributed by atoms with Crippen LogP contribution in [0, 0.1) is 5.92 Å². The van der Waals surface area contributed by atoms with Gasteiger partial charge in [-0.25, -0.2) is 0 Å². The number of carbonyl (C=O) groups is 1. The van der Waals surface area contributed by atoms with Crippen molar-refractivity contribution in [2.24, 2.45) is 5.92 Å². The highest BCUT2D eigenvalue weighted by atomic mass is 32.2. The third kappa shape index (κ3) is 4.94. The number of para-hydroxylation sites is 2. The zero-order valence-electron chi connectivity index (χ0n) is 15.4. The molecule has 11 heteroatoms. The molecule has 1 fully saturated rings. The highest BCUT2D eigenvalue weighted by Crippen LogP contribution is 2.36. The van der Waals surface area contributed by atoms with E-state index in [1.54, 1.807) is 31.2 Å². The SMILES string of the molecule is COc1ccccc1-n1nnnc1SCC(=O)N(CC(F)(F)F)C(C)C1CC1. The van der Waals surface area contributed by atoms with E-state index in [9.17, 15) is 18.0 Å². The molecule has 0 radical (unpaired) electrons. The largest absolute Gasteiger partial charge is 0.494 e. The van der Waals surface area contributed by atoms with Gasteiger partial charge in [0.25, 0.3) is 0 Å². The first-order chi connectivity index (χ1) is 13.3. The molecule has 1 aliphatic rings. The number of thioether (sulfide) groups is 1. The number of hydrogen-bond donors (Lipinski definition) is 0. The summed E-state index contributed by atoms with van der Waals surface area (Å²) in [6, 6.07) is 6.60. The number of rotatable bonds is 8. The van der Waals surface area contributed by atoms with E-state index in [-0.39, 0.29) is 11.7 Å². The van der Waals surface area contributed by atoms with Gasteiger partial charge in [0.1, 0.15) is 18.0 Å². The zero-order chi connectivity index (χ0) is 20.3. The van der Waals surface area contributed by atoms with Crippen LogP contribution in [0.1, 0.15) is 19.8 Å². The predicted octanol–water partition coefficient (Wildman–Crippen LogP) is 2.95. The summed E-state index contributed by atoms with van der Waals surface area (Å²) in [6.07, 6.45) is -2.74. The second-order valence-electron chi connectivity index (χ2n) is 6.55. The summed E-state index contributed by atoms with van der Waals surface area (Å²) in [4.78, 5) is 13.5. The molecule has 0 aliphatic heterocycles. The molecule has 28 heavy (non-hydrogen) atoms. The van der Waals surface area contributed by atoms with Crippen LogP contribution < -0.4 is 4.74 Å². The quantitative estimate of drug-likeness (QED) is 0.618. The van der Waals surface area contributed by atoms with Gasteiger partial charge in [-0.3, -0.25) is 4.79 Å². The lowest BCUT2D eigenvalue weighted by molar-refractivity contribution is -0.164. The number of hydrogen-bond acceptors (Lipinski definition) is 6. The van der Waals surface area contributed by atoms with Gasteiger partial charge in [-0.05, 0) is 48.2 Å². The zero-order valence-corrected chi connectivity index (χ0v) is 16.2. The maximum absolute atomic E-state index is 12.9. The Morgan fingerprint density at radius 1 is 1.39 bits per heavy atom. The van der Waals surface area contributed by atoms with E-state index in [0.717, 1.165) is 29.5 Å². The van der Waals surface area contributed by atoms with E-state index in [2.05, 4.69) is 15.5 Å². The van der Waals surface area contributed by atoms with Crippen molar-refractivity contribution in [2.75, 3.05) is 19.4 Å². The van der Waals surface area contributed by atoms with Crippen LogP contribution in [0.3, 0.4) is 0 Å². The Morgan fingerprint density at radius 3 is 2.75 bits per heavy atom. The van der Waals surface area contributed by atoms with Crippen LogP contribution in [0.4, 0.5) is 13.2 Å². The molecule has 2 aromatic rings. The number of nitrogens with zero attached hydrogens (tertiary/aromatic N) is 5. The summed E-state index contributed by atoms with van der Waals surface area (Å²) in [6.45, 7) is 0.423. The summed E-state index contributed by atoms with van der Waals surface area (Å²) in [5, 5.41) is 11.7. The fraction of sp³-hybridized carbons (Fsp3) is 0.529. The first-order valence-corrected chi connectivity index (χ1v) is 9.69. The lowest BCUT2D eigenvalue weighted by Gasteiger charge is -2.30. The molecule has 7 nitrogen and oxygen atoms in total. The van der Waals surface area contributed by atoms with Crippen molar-refractivity contribution >= 4 is 17.7 Å². The molecule has 3 rings (SSSR count). The van der Waals surface area contributed by atoms with Crippen molar-refractivity contribution < 1.29 is 22.7 Å². The van der Waals surface area contributed by atoms with Gasteiger partial charge in [0.2, 0.25) is 11.1 Å². The number of alkyl halides is 3. The highest BCUT2D eigenvalue weighted by Gasteiger charge is 2.40. The summed E-state index contributed by atoms with van der Waals surface area (Å²) < 4.78 is 45.5. The van der Waals surface area contributed by atoms with Crippen molar-refractivity contribution in [3.63, 3.8) is 0 Å². The second-order valence-corrected chi connectivity index (χ2v) is 7.49. The fourth-order valence-corrected chi connectivity index (χ4v) is 3.69. The lowest BCUT2D eigenvalue weighted by atomic mass is 10.2. The number of benzene rings is 1. The Balaban J connectivity index is 1.72. The first-order valence-electron chi connectivity index (χ1n) is 8.71. The van der Waals surface area contributed by atoms with E-state index in [0.29, 0.717) is 16.6 Å². The van der Waals surface area contributed by atoms with Crippen molar-refractivity contribution in [2.45, 2.75) is 37.1 Å². The van der Waals surface area contributed by atoms with Crippen molar-refractivity contribution in [3.8, 4) is 11.4 Å². The standard InChI is InChI=1S/C17H20F3N5O2S/c1-11(12-7-8-12)24(10-17(18,19)20)15(26)9-28-16-21-22-23-25(16)13-5-3-4-6-14(13)27-2/h3-6,11-12H,7-10H2,1-2H3. The highest BCUT2D eigenvalue weighted by molar-refractivity contribution is 7.99. The fourth-order valence-electron chi connectivity index (χ4n) is 2.92. The minimum Gasteiger partial charge on any atom is -0.494 e. The Kier molecular flexibility index (Phi) is 6.11. The molecule has 1 heterocycles. The number of tetrazole rings is 1. The van der Waals surface area contributed by atoms with Crippen LogP contribution in [-0.2, 0) is 4.79 Å². The maximum Gasteiger partial charge on any atom is 0.406 e.